The summed E-state index contributed by atoms with van der Waals surface area (Å²) in [5, 5.41) is 4.01. The summed E-state index contributed by atoms with van der Waals surface area (Å²) in [4.78, 5) is 12.1. The van der Waals surface area contributed by atoms with Gasteiger partial charge < -0.3 is 5.32 Å². The highest BCUT2D eigenvalue weighted by Gasteiger charge is 2.27. The molecule has 2 heterocycles. The summed E-state index contributed by atoms with van der Waals surface area (Å²) in [6, 6.07) is 1.45. The van der Waals surface area contributed by atoms with Crippen LogP contribution in [0.1, 0.15) is 9.67 Å². The van der Waals surface area contributed by atoms with Gasteiger partial charge in [-0.15, -0.1) is 11.3 Å². The first kappa shape index (κ1) is 13.9. The second kappa shape index (κ2) is 5.60. The first-order valence-electron chi connectivity index (χ1n) is 5.44. The van der Waals surface area contributed by atoms with Crippen LogP contribution >= 0.6 is 23.1 Å². The predicted octanol–water partition coefficient (Wildman–Crippen LogP) is 0.845. The Balaban J connectivity index is 2.24. The standard InChI is InChI=1S/C10H14N2O3S3/c1-11-10(13)9-6-8(7-17-9)18(14,15)12-2-4-16-5-3-12/h6-7H,2-5H2,1H3,(H,11,13). The molecule has 0 bridgehead atoms. The van der Waals surface area contributed by atoms with Crippen molar-refractivity contribution in [2.24, 2.45) is 0 Å². The lowest BCUT2D eigenvalue weighted by Gasteiger charge is -2.24. The molecule has 2 rings (SSSR count). The van der Waals surface area contributed by atoms with Crippen LogP contribution in [0.25, 0.3) is 0 Å². The van der Waals surface area contributed by atoms with Crippen molar-refractivity contribution in [2.75, 3.05) is 31.6 Å². The number of nitrogens with one attached hydrogen (secondary N) is 1. The molecular formula is C10H14N2O3S3. The Kier molecular flexibility index (Phi) is 4.31. The largest absolute Gasteiger partial charge is 0.354 e. The number of carbonyl (C=O) groups is 1. The second-order valence-corrected chi connectivity index (χ2v) is 7.82. The molecule has 1 N–H and O–H groups in total. The molecule has 0 atom stereocenters. The van der Waals surface area contributed by atoms with Gasteiger partial charge in [-0.1, -0.05) is 0 Å². The molecule has 0 aromatic carbocycles. The lowest BCUT2D eigenvalue weighted by atomic mass is 10.4. The molecule has 0 saturated carbocycles. The van der Waals surface area contributed by atoms with E-state index < -0.39 is 10.0 Å². The summed E-state index contributed by atoms with van der Waals surface area (Å²) in [6.07, 6.45) is 0. The molecule has 1 aromatic rings. The molecule has 100 valence electrons. The van der Waals surface area contributed by atoms with Crippen molar-refractivity contribution in [1.82, 2.24) is 9.62 Å². The van der Waals surface area contributed by atoms with E-state index in [1.807, 2.05) is 0 Å². The molecule has 8 heteroatoms. The van der Waals surface area contributed by atoms with Crippen LogP contribution < -0.4 is 5.32 Å². The molecule has 0 spiro atoms. The van der Waals surface area contributed by atoms with Gasteiger partial charge in [0.1, 0.15) is 0 Å². The molecule has 0 radical (unpaired) electrons. The number of hydrogen-bond acceptors (Lipinski definition) is 5. The van der Waals surface area contributed by atoms with Crippen molar-refractivity contribution < 1.29 is 13.2 Å². The maximum absolute atomic E-state index is 12.3. The zero-order valence-corrected chi connectivity index (χ0v) is 12.3. The van der Waals surface area contributed by atoms with E-state index in [-0.39, 0.29) is 10.8 Å². The van der Waals surface area contributed by atoms with Crippen LogP contribution in [0.3, 0.4) is 0 Å². The third-order valence-electron chi connectivity index (χ3n) is 2.63. The first-order chi connectivity index (χ1) is 8.55. The molecule has 1 aromatic heterocycles. The number of thiophene rings is 1. The molecule has 18 heavy (non-hydrogen) atoms. The zero-order valence-electron chi connectivity index (χ0n) is 9.88. The fourth-order valence-corrected chi connectivity index (χ4v) is 5.42. The topological polar surface area (TPSA) is 66.5 Å². The SMILES string of the molecule is CNC(=O)c1cc(S(=O)(=O)N2CCSCC2)cs1. The van der Waals surface area contributed by atoms with E-state index in [9.17, 15) is 13.2 Å². The normalized spacial score (nSPS) is 17.6. The Bertz CT molecular complexity index is 532. The quantitative estimate of drug-likeness (QED) is 0.899. The molecule has 1 amide bonds. The van der Waals surface area contributed by atoms with Gasteiger partial charge in [0.2, 0.25) is 10.0 Å². The molecule has 1 fully saturated rings. The van der Waals surface area contributed by atoms with Crippen molar-refractivity contribution in [3.8, 4) is 0 Å². The highest BCUT2D eigenvalue weighted by atomic mass is 32.2. The number of thioether (sulfide) groups is 1. The van der Waals surface area contributed by atoms with E-state index >= 15 is 0 Å². The smallest absolute Gasteiger partial charge is 0.261 e. The van der Waals surface area contributed by atoms with Crippen molar-refractivity contribution in [2.45, 2.75) is 4.90 Å². The lowest BCUT2D eigenvalue weighted by molar-refractivity contribution is 0.0967. The van der Waals surface area contributed by atoms with Crippen molar-refractivity contribution in [1.29, 1.82) is 0 Å². The molecule has 0 aliphatic carbocycles. The van der Waals surface area contributed by atoms with Crippen molar-refractivity contribution in [3.05, 3.63) is 16.3 Å². The summed E-state index contributed by atoms with van der Waals surface area (Å²) in [6.45, 7) is 1.08. The molecule has 0 unspecified atom stereocenters. The minimum Gasteiger partial charge on any atom is -0.354 e. The molecule has 5 nitrogen and oxygen atoms in total. The van der Waals surface area contributed by atoms with Crippen molar-refractivity contribution in [3.63, 3.8) is 0 Å². The first-order valence-corrected chi connectivity index (χ1v) is 8.91. The average molecular weight is 306 g/mol. The zero-order chi connectivity index (χ0) is 13.2. The van der Waals surface area contributed by atoms with E-state index in [4.69, 9.17) is 0 Å². The lowest BCUT2D eigenvalue weighted by Crippen LogP contribution is -2.37. The molecule has 1 aliphatic rings. The van der Waals surface area contributed by atoms with Gasteiger partial charge >= 0.3 is 0 Å². The number of hydrogen-bond donors (Lipinski definition) is 1. The van der Waals surface area contributed by atoms with E-state index in [2.05, 4.69) is 5.32 Å². The number of nitrogens with zero attached hydrogens (tertiary/aromatic N) is 1. The maximum Gasteiger partial charge on any atom is 0.261 e. The number of rotatable bonds is 3. The third-order valence-corrected chi connectivity index (χ3v) is 6.53. The highest BCUT2D eigenvalue weighted by molar-refractivity contribution is 7.99. The minimum absolute atomic E-state index is 0.220. The Morgan fingerprint density at radius 3 is 2.67 bits per heavy atom. The monoisotopic (exact) mass is 306 g/mol. The van der Waals surface area contributed by atoms with Crippen molar-refractivity contribution >= 4 is 39.0 Å². The van der Waals surface area contributed by atoms with Crippen LogP contribution in [-0.2, 0) is 10.0 Å². The second-order valence-electron chi connectivity index (χ2n) is 3.74. The van der Waals surface area contributed by atoms with Gasteiger partial charge in [0.15, 0.2) is 0 Å². The summed E-state index contributed by atoms with van der Waals surface area (Å²) >= 11 is 2.91. The Labute approximate surface area is 115 Å². The fraction of sp³-hybridized carbons (Fsp3) is 0.500. The summed E-state index contributed by atoms with van der Waals surface area (Å²) in [5.74, 6) is 1.40. The van der Waals surface area contributed by atoms with Gasteiger partial charge in [-0.2, -0.15) is 16.1 Å². The Morgan fingerprint density at radius 1 is 1.39 bits per heavy atom. The summed E-state index contributed by atoms with van der Waals surface area (Å²) in [7, 11) is -1.91. The summed E-state index contributed by atoms with van der Waals surface area (Å²) in [5.41, 5.74) is 0. The van der Waals surface area contributed by atoms with Crippen LogP contribution in [-0.4, -0.2) is 50.3 Å². The maximum atomic E-state index is 12.3. The van der Waals surface area contributed by atoms with Gasteiger partial charge in [0.25, 0.3) is 5.91 Å². The van der Waals surface area contributed by atoms with Crippen LogP contribution in [0.2, 0.25) is 0 Å². The third kappa shape index (κ3) is 2.71. The van der Waals surface area contributed by atoms with E-state index in [0.717, 1.165) is 22.8 Å². The van der Waals surface area contributed by atoms with Gasteiger partial charge in [-0.25, -0.2) is 8.42 Å². The Morgan fingerprint density at radius 2 is 2.06 bits per heavy atom. The van der Waals surface area contributed by atoms with Crippen LogP contribution in [0.4, 0.5) is 0 Å². The fourth-order valence-electron chi connectivity index (χ4n) is 1.63. The van der Waals surface area contributed by atoms with Gasteiger partial charge in [-0.3, -0.25) is 4.79 Å². The predicted molar refractivity (Wildman–Crippen MR) is 73.8 cm³/mol. The highest BCUT2D eigenvalue weighted by Crippen LogP contribution is 2.24. The molecule has 1 aliphatic heterocycles. The van der Waals surface area contributed by atoms with Gasteiger partial charge in [-0.05, 0) is 6.07 Å². The van der Waals surface area contributed by atoms with E-state index in [1.54, 1.807) is 11.8 Å². The van der Waals surface area contributed by atoms with Crippen LogP contribution in [0.5, 0.6) is 0 Å². The molecular weight excluding hydrogens is 292 g/mol. The number of sulfonamides is 1. The average Bonchev–Trinajstić information content (AvgIpc) is 2.89. The van der Waals surface area contributed by atoms with E-state index in [1.165, 1.54) is 22.8 Å². The van der Waals surface area contributed by atoms with Gasteiger partial charge in [0, 0.05) is 37.0 Å². The van der Waals surface area contributed by atoms with Crippen LogP contribution in [0.15, 0.2) is 16.3 Å². The van der Waals surface area contributed by atoms with Gasteiger partial charge in [0.05, 0.1) is 9.77 Å². The number of amides is 1. The summed E-state index contributed by atoms with van der Waals surface area (Å²) < 4.78 is 26.1. The minimum atomic E-state index is -3.43. The Hall–Kier alpha value is -0.570. The number of carbonyl (C=O) groups excluding carboxylic acids is 1. The van der Waals surface area contributed by atoms with E-state index in [0.29, 0.717) is 18.0 Å². The molecule has 1 saturated heterocycles. The van der Waals surface area contributed by atoms with Crippen LogP contribution in [0, 0.1) is 0 Å².